The molecule has 0 aliphatic rings. The molecular formula is C20H20BrNO3. The maximum atomic E-state index is 10.7. The van der Waals surface area contributed by atoms with Crippen molar-refractivity contribution in [1.29, 1.82) is 0 Å². The number of hydrogen-bond donors (Lipinski definition) is 1. The third-order valence-corrected chi connectivity index (χ3v) is 4.45. The molecule has 0 radical (unpaired) electrons. The van der Waals surface area contributed by atoms with Gasteiger partial charge in [0, 0.05) is 31.0 Å². The van der Waals surface area contributed by atoms with E-state index in [4.69, 9.17) is 9.47 Å². The van der Waals surface area contributed by atoms with Crippen LogP contribution in [0.3, 0.4) is 0 Å². The van der Waals surface area contributed by atoms with E-state index in [0.29, 0.717) is 19.6 Å². The van der Waals surface area contributed by atoms with Gasteiger partial charge in [-0.3, -0.25) is 4.79 Å². The Kier molecular flexibility index (Phi) is 5.76. The van der Waals surface area contributed by atoms with Crippen molar-refractivity contribution in [2.24, 2.45) is 0 Å². The van der Waals surface area contributed by atoms with Gasteiger partial charge in [0.2, 0.25) is 0 Å². The van der Waals surface area contributed by atoms with Crippen LogP contribution in [0.4, 0.5) is 0 Å². The van der Waals surface area contributed by atoms with Crippen LogP contribution in [0.5, 0.6) is 5.75 Å². The summed E-state index contributed by atoms with van der Waals surface area (Å²) in [4.78, 5) is 14.2. The molecule has 0 saturated heterocycles. The smallest absolute Gasteiger partial charge is 0.302 e. The first-order valence-corrected chi connectivity index (χ1v) is 9.02. The van der Waals surface area contributed by atoms with Gasteiger partial charge in [0.15, 0.2) is 0 Å². The van der Waals surface area contributed by atoms with E-state index in [0.717, 1.165) is 22.2 Å². The molecule has 0 aliphatic heterocycles. The average Bonchev–Trinajstić information content (AvgIpc) is 2.98. The second-order valence-corrected chi connectivity index (χ2v) is 6.72. The second-order valence-electron chi connectivity index (χ2n) is 5.87. The zero-order valence-electron chi connectivity index (χ0n) is 14.0. The molecule has 0 atom stereocenters. The van der Waals surface area contributed by atoms with E-state index in [9.17, 15) is 4.79 Å². The quantitative estimate of drug-likeness (QED) is 0.454. The van der Waals surface area contributed by atoms with E-state index in [-0.39, 0.29) is 5.97 Å². The lowest BCUT2D eigenvalue weighted by molar-refractivity contribution is -0.141. The Bertz CT molecular complexity index is 839. The minimum Gasteiger partial charge on any atom is -0.492 e. The van der Waals surface area contributed by atoms with E-state index in [1.54, 1.807) is 0 Å². The zero-order chi connectivity index (χ0) is 17.6. The minimum absolute atomic E-state index is 0.262. The van der Waals surface area contributed by atoms with Crippen molar-refractivity contribution in [2.45, 2.75) is 19.8 Å². The molecule has 3 rings (SSSR count). The number of H-pyrrole nitrogens is 1. The van der Waals surface area contributed by atoms with E-state index in [2.05, 4.69) is 51.2 Å². The highest BCUT2D eigenvalue weighted by Crippen LogP contribution is 2.27. The zero-order valence-corrected chi connectivity index (χ0v) is 15.6. The highest BCUT2D eigenvalue weighted by molar-refractivity contribution is 9.10. The summed E-state index contributed by atoms with van der Waals surface area (Å²) >= 11 is 3.57. The molecule has 1 heterocycles. The van der Waals surface area contributed by atoms with Crippen molar-refractivity contribution in [3.05, 3.63) is 64.3 Å². The van der Waals surface area contributed by atoms with Gasteiger partial charge in [-0.1, -0.05) is 24.3 Å². The van der Waals surface area contributed by atoms with Crippen LogP contribution in [0.15, 0.2) is 53.0 Å². The Morgan fingerprint density at radius 2 is 1.96 bits per heavy atom. The Labute approximate surface area is 155 Å². The number of hydrogen-bond acceptors (Lipinski definition) is 3. The van der Waals surface area contributed by atoms with Crippen LogP contribution in [0.25, 0.3) is 10.9 Å². The third kappa shape index (κ3) is 4.86. The van der Waals surface area contributed by atoms with Crippen molar-refractivity contribution >= 4 is 32.8 Å². The van der Waals surface area contributed by atoms with Gasteiger partial charge in [-0.2, -0.15) is 0 Å². The molecule has 4 nitrogen and oxygen atoms in total. The monoisotopic (exact) mass is 401 g/mol. The van der Waals surface area contributed by atoms with Gasteiger partial charge in [-0.05, 0) is 51.1 Å². The van der Waals surface area contributed by atoms with Crippen LogP contribution in [-0.4, -0.2) is 24.2 Å². The Morgan fingerprint density at radius 3 is 2.72 bits per heavy atom. The summed E-state index contributed by atoms with van der Waals surface area (Å²) in [5.74, 6) is 0.533. The van der Waals surface area contributed by atoms with Gasteiger partial charge in [0.25, 0.3) is 0 Å². The molecule has 1 aromatic heterocycles. The highest BCUT2D eigenvalue weighted by Gasteiger charge is 2.06. The number of ether oxygens (including phenoxy) is 2. The molecular weight excluding hydrogens is 382 g/mol. The van der Waals surface area contributed by atoms with Crippen LogP contribution in [0, 0.1) is 0 Å². The molecule has 3 aromatic rings. The number of carbonyl (C=O) groups is 1. The van der Waals surface area contributed by atoms with Crippen LogP contribution in [0.1, 0.15) is 24.6 Å². The SMILES string of the molecule is CC(=O)OCCCOc1ccc(Cc2cc3ccccc3[nH]2)cc1Br. The predicted molar refractivity (Wildman–Crippen MR) is 102 cm³/mol. The summed E-state index contributed by atoms with van der Waals surface area (Å²) in [6.45, 7) is 2.29. The first kappa shape index (κ1) is 17.5. The lowest BCUT2D eigenvalue weighted by Crippen LogP contribution is -2.06. The van der Waals surface area contributed by atoms with Crippen molar-refractivity contribution in [2.75, 3.05) is 13.2 Å². The fourth-order valence-corrected chi connectivity index (χ4v) is 3.22. The topological polar surface area (TPSA) is 51.3 Å². The number of nitrogens with one attached hydrogen (secondary N) is 1. The average molecular weight is 402 g/mol. The van der Waals surface area contributed by atoms with Gasteiger partial charge in [0.1, 0.15) is 5.75 Å². The Morgan fingerprint density at radius 1 is 1.12 bits per heavy atom. The van der Waals surface area contributed by atoms with Crippen molar-refractivity contribution in [3.8, 4) is 5.75 Å². The molecule has 130 valence electrons. The van der Waals surface area contributed by atoms with Gasteiger partial charge >= 0.3 is 5.97 Å². The molecule has 5 heteroatoms. The number of rotatable bonds is 7. The lowest BCUT2D eigenvalue weighted by Gasteiger charge is -2.09. The summed E-state index contributed by atoms with van der Waals surface area (Å²) in [5, 5.41) is 1.23. The van der Waals surface area contributed by atoms with Crippen LogP contribution < -0.4 is 4.74 Å². The number of para-hydroxylation sites is 1. The van der Waals surface area contributed by atoms with Gasteiger partial charge in [0.05, 0.1) is 17.7 Å². The summed E-state index contributed by atoms with van der Waals surface area (Å²) in [5.41, 5.74) is 3.54. The standard InChI is InChI=1S/C20H20BrNO3/c1-14(23)24-9-4-10-25-20-8-7-15(12-18(20)21)11-17-13-16-5-2-3-6-19(16)22-17/h2-3,5-8,12-13,22H,4,9-11H2,1H3. The predicted octanol–water partition coefficient (Wildman–Crippen LogP) is 4.85. The van der Waals surface area contributed by atoms with Gasteiger partial charge in [-0.25, -0.2) is 0 Å². The fraction of sp³-hybridized carbons (Fsp3) is 0.250. The first-order chi connectivity index (χ1) is 12.1. The summed E-state index contributed by atoms with van der Waals surface area (Å²) in [6.07, 6.45) is 1.50. The molecule has 0 amide bonds. The van der Waals surface area contributed by atoms with Crippen molar-refractivity contribution in [3.63, 3.8) is 0 Å². The molecule has 0 fully saturated rings. The molecule has 0 saturated carbocycles. The maximum Gasteiger partial charge on any atom is 0.302 e. The Balaban J connectivity index is 1.58. The second kappa shape index (κ2) is 8.21. The minimum atomic E-state index is -0.262. The van der Waals surface area contributed by atoms with E-state index >= 15 is 0 Å². The molecule has 25 heavy (non-hydrogen) atoms. The summed E-state index contributed by atoms with van der Waals surface area (Å²) in [7, 11) is 0. The summed E-state index contributed by atoms with van der Waals surface area (Å²) < 4.78 is 11.5. The molecule has 0 unspecified atom stereocenters. The van der Waals surface area contributed by atoms with Crippen molar-refractivity contribution in [1.82, 2.24) is 4.98 Å². The number of carbonyl (C=O) groups excluding carboxylic acids is 1. The number of benzene rings is 2. The third-order valence-electron chi connectivity index (χ3n) is 3.83. The van der Waals surface area contributed by atoms with Crippen LogP contribution in [-0.2, 0) is 16.0 Å². The van der Waals surface area contributed by atoms with Gasteiger partial charge < -0.3 is 14.5 Å². The molecule has 0 spiro atoms. The highest BCUT2D eigenvalue weighted by atomic mass is 79.9. The number of halogens is 1. The number of fused-ring (bicyclic) bond motifs is 1. The molecule has 2 aromatic carbocycles. The number of aromatic nitrogens is 1. The first-order valence-electron chi connectivity index (χ1n) is 8.23. The maximum absolute atomic E-state index is 10.7. The van der Waals surface area contributed by atoms with Crippen LogP contribution in [0.2, 0.25) is 0 Å². The lowest BCUT2D eigenvalue weighted by atomic mass is 10.1. The van der Waals surface area contributed by atoms with E-state index < -0.39 is 0 Å². The summed E-state index contributed by atoms with van der Waals surface area (Å²) in [6, 6.07) is 16.6. The van der Waals surface area contributed by atoms with E-state index in [1.807, 2.05) is 18.2 Å². The van der Waals surface area contributed by atoms with Gasteiger partial charge in [-0.15, -0.1) is 0 Å². The molecule has 0 aliphatic carbocycles. The molecule has 1 N–H and O–H groups in total. The number of esters is 1. The Hall–Kier alpha value is -2.27. The van der Waals surface area contributed by atoms with Crippen LogP contribution >= 0.6 is 15.9 Å². The number of aromatic amines is 1. The largest absolute Gasteiger partial charge is 0.492 e. The fourth-order valence-electron chi connectivity index (χ4n) is 2.68. The van der Waals surface area contributed by atoms with Crippen molar-refractivity contribution < 1.29 is 14.3 Å². The normalized spacial score (nSPS) is 10.8. The van der Waals surface area contributed by atoms with E-state index in [1.165, 1.54) is 23.6 Å². The molecule has 0 bridgehead atoms.